The van der Waals surface area contributed by atoms with Gasteiger partial charge in [-0.15, -0.1) is 0 Å². The Morgan fingerprint density at radius 2 is 2.00 bits per heavy atom. The summed E-state index contributed by atoms with van der Waals surface area (Å²) in [6.45, 7) is 12.0. The molecule has 0 bridgehead atoms. The van der Waals surface area contributed by atoms with E-state index in [1.165, 1.54) is 19.3 Å². The van der Waals surface area contributed by atoms with Gasteiger partial charge in [0.05, 0.1) is 6.10 Å². The fourth-order valence-corrected chi connectivity index (χ4v) is 3.65. The van der Waals surface area contributed by atoms with Gasteiger partial charge in [0.1, 0.15) is 0 Å². The zero-order chi connectivity index (χ0) is 15.9. The second kappa shape index (κ2) is 9.09. The number of hydrogen-bond acceptors (Lipinski definition) is 4. The van der Waals surface area contributed by atoms with Crippen molar-refractivity contribution in [3.63, 3.8) is 0 Å². The summed E-state index contributed by atoms with van der Waals surface area (Å²) >= 11 is 0. The Labute approximate surface area is 131 Å². The van der Waals surface area contributed by atoms with E-state index in [1.807, 2.05) is 0 Å². The van der Waals surface area contributed by atoms with E-state index in [0.29, 0.717) is 11.5 Å². The van der Waals surface area contributed by atoms with Crippen LogP contribution in [0.15, 0.2) is 0 Å². The van der Waals surface area contributed by atoms with Crippen LogP contribution in [-0.2, 0) is 0 Å². The van der Waals surface area contributed by atoms with E-state index in [1.54, 1.807) is 0 Å². The topological polar surface area (TPSA) is 38.7 Å². The van der Waals surface area contributed by atoms with Gasteiger partial charge in [-0.1, -0.05) is 27.2 Å². The standard InChI is InChI=1S/C17H37N3O/c1-6-8-17(3,13-18-9-7-2)14-20-12-16(21)10-15(20)11-19(4)5/h15-16,18,21H,6-14H2,1-5H3. The highest BCUT2D eigenvalue weighted by atomic mass is 16.3. The van der Waals surface area contributed by atoms with E-state index in [0.717, 1.165) is 39.1 Å². The first kappa shape index (κ1) is 18.9. The summed E-state index contributed by atoms with van der Waals surface area (Å²) in [5.74, 6) is 0. The Hall–Kier alpha value is -0.160. The second-order valence-corrected chi connectivity index (χ2v) is 7.47. The average Bonchev–Trinajstić information content (AvgIpc) is 2.68. The number of hydrogen-bond donors (Lipinski definition) is 2. The van der Waals surface area contributed by atoms with Gasteiger partial charge < -0.3 is 15.3 Å². The van der Waals surface area contributed by atoms with Crippen LogP contribution < -0.4 is 5.32 Å². The minimum Gasteiger partial charge on any atom is -0.392 e. The Morgan fingerprint density at radius 1 is 1.29 bits per heavy atom. The minimum absolute atomic E-state index is 0.149. The van der Waals surface area contributed by atoms with E-state index in [4.69, 9.17) is 0 Å². The highest BCUT2D eigenvalue weighted by Crippen LogP contribution is 2.28. The third-order valence-electron chi connectivity index (χ3n) is 4.50. The molecule has 0 radical (unpaired) electrons. The van der Waals surface area contributed by atoms with Crippen molar-refractivity contribution in [2.75, 3.05) is 46.8 Å². The number of likely N-dealkylation sites (N-methyl/N-ethyl adjacent to an activating group) is 1. The van der Waals surface area contributed by atoms with Gasteiger partial charge in [-0.3, -0.25) is 4.90 Å². The Kier molecular flexibility index (Phi) is 8.17. The summed E-state index contributed by atoms with van der Waals surface area (Å²) < 4.78 is 0. The van der Waals surface area contributed by atoms with Crippen LogP contribution in [0, 0.1) is 5.41 Å². The van der Waals surface area contributed by atoms with Crippen LogP contribution in [0.1, 0.15) is 46.5 Å². The molecule has 1 rings (SSSR count). The predicted octanol–water partition coefficient (Wildman–Crippen LogP) is 1.79. The first-order valence-electron chi connectivity index (χ1n) is 8.67. The van der Waals surface area contributed by atoms with E-state index in [2.05, 4.69) is 50.0 Å². The van der Waals surface area contributed by atoms with E-state index in [-0.39, 0.29) is 6.10 Å². The quantitative estimate of drug-likeness (QED) is 0.603. The lowest BCUT2D eigenvalue weighted by atomic mass is 9.84. The molecule has 0 aliphatic carbocycles. The summed E-state index contributed by atoms with van der Waals surface area (Å²) in [5, 5.41) is 13.6. The van der Waals surface area contributed by atoms with Gasteiger partial charge in [0.15, 0.2) is 0 Å². The summed E-state index contributed by atoms with van der Waals surface area (Å²) in [6, 6.07) is 0.498. The summed E-state index contributed by atoms with van der Waals surface area (Å²) in [6.07, 6.45) is 4.42. The highest BCUT2D eigenvalue weighted by Gasteiger charge is 2.35. The van der Waals surface area contributed by atoms with Crippen LogP contribution in [0.5, 0.6) is 0 Å². The molecule has 21 heavy (non-hydrogen) atoms. The van der Waals surface area contributed by atoms with Gasteiger partial charge in [-0.05, 0) is 45.3 Å². The van der Waals surface area contributed by atoms with Crippen LogP contribution >= 0.6 is 0 Å². The molecule has 0 aromatic rings. The zero-order valence-electron chi connectivity index (χ0n) is 14.9. The van der Waals surface area contributed by atoms with Crippen molar-refractivity contribution in [1.29, 1.82) is 0 Å². The van der Waals surface area contributed by atoms with E-state index in [9.17, 15) is 5.11 Å². The van der Waals surface area contributed by atoms with Crippen molar-refractivity contribution < 1.29 is 5.11 Å². The molecule has 1 heterocycles. The molecule has 3 unspecified atom stereocenters. The molecule has 0 saturated carbocycles. The number of likely N-dealkylation sites (tertiary alicyclic amines) is 1. The largest absolute Gasteiger partial charge is 0.392 e. The molecule has 0 aromatic heterocycles. The van der Waals surface area contributed by atoms with Crippen molar-refractivity contribution in [1.82, 2.24) is 15.1 Å². The molecular weight excluding hydrogens is 262 g/mol. The Bertz CT molecular complexity index is 285. The molecule has 0 spiro atoms. The molecular formula is C17H37N3O. The number of rotatable bonds is 10. The predicted molar refractivity (Wildman–Crippen MR) is 90.7 cm³/mol. The number of nitrogens with zero attached hydrogens (tertiary/aromatic N) is 2. The van der Waals surface area contributed by atoms with Gasteiger partial charge in [-0.25, -0.2) is 0 Å². The summed E-state index contributed by atoms with van der Waals surface area (Å²) in [7, 11) is 4.24. The lowest BCUT2D eigenvalue weighted by Crippen LogP contribution is -2.46. The molecule has 1 aliphatic heterocycles. The molecule has 126 valence electrons. The molecule has 1 fully saturated rings. The molecule has 0 amide bonds. The zero-order valence-corrected chi connectivity index (χ0v) is 14.9. The third kappa shape index (κ3) is 6.64. The van der Waals surface area contributed by atoms with Crippen LogP contribution in [0.4, 0.5) is 0 Å². The molecule has 4 nitrogen and oxygen atoms in total. The van der Waals surface area contributed by atoms with Crippen molar-refractivity contribution in [2.45, 2.75) is 58.6 Å². The molecule has 3 atom stereocenters. The SMILES string of the molecule is CCCNCC(C)(CCC)CN1CC(O)CC1CN(C)C. The van der Waals surface area contributed by atoms with Gasteiger partial charge in [0, 0.05) is 32.2 Å². The maximum Gasteiger partial charge on any atom is 0.0682 e. The van der Waals surface area contributed by atoms with E-state index < -0.39 is 0 Å². The van der Waals surface area contributed by atoms with Crippen LogP contribution in [0.25, 0.3) is 0 Å². The van der Waals surface area contributed by atoms with Gasteiger partial charge in [0.25, 0.3) is 0 Å². The van der Waals surface area contributed by atoms with Gasteiger partial charge in [-0.2, -0.15) is 0 Å². The maximum atomic E-state index is 10.0. The van der Waals surface area contributed by atoms with Crippen molar-refractivity contribution in [3.05, 3.63) is 0 Å². The van der Waals surface area contributed by atoms with Gasteiger partial charge in [0.2, 0.25) is 0 Å². The first-order chi connectivity index (χ1) is 9.90. The molecule has 0 aromatic carbocycles. The third-order valence-corrected chi connectivity index (χ3v) is 4.50. The molecule has 1 saturated heterocycles. The molecule has 1 aliphatic rings. The van der Waals surface area contributed by atoms with Gasteiger partial charge >= 0.3 is 0 Å². The Balaban J connectivity index is 2.62. The van der Waals surface area contributed by atoms with E-state index >= 15 is 0 Å². The average molecular weight is 300 g/mol. The Morgan fingerprint density at radius 3 is 2.57 bits per heavy atom. The number of nitrogens with one attached hydrogen (secondary N) is 1. The lowest BCUT2D eigenvalue weighted by molar-refractivity contribution is 0.115. The van der Waals surface area contributed by atoms with Crippen LogP contribution in [-0.4, -0.2) is 73.9 Å². The molecule has 2 N–H and O–H groups in total. The van der Waals surface area contributed by atoms with Crippen LogP contribution in [0.2, 0.25) is 0 Å². The molecule has 4 heteroatoms. The fraction of sp³-hybridized carbons (Fsp3) is 1.00. The summed E-state index contributed by atoms with van der Waals surface area (Å²) in [4.78, 5) is 4.76. The number of aliphatic hydroxyl groups is 1. The first-order valence-corrected chi connectivity index (χ1v) is 8.67. The number of aliphatic hydroxyl groups excluding tert-OH is 1. The van der Waals surface area contributed by atoms with Crippen molar-refractivity contribution in [3.8, 4) is 0 Å². The van der Waals surface area contributed by atoms with Crippen molar-refractivity contribution >= 4 is 0 Å². The number of β-amino-alcohol motifs (C(OH)–C–C–N with tert-alkyl or cyclic N) is 1. The lowest BCUT2D eigenvalue weighted by Gasteiger charge is -2.37. The summed E-state index contributed by atoms with van der Waals surface area (Å²) in [5.41, 5.74) is 0.304. The normalized spacial score (nSPS) is 26.4. The van der Waals surface area contributed by atoms with Crippen LogP contribution in [0.3, 0.4) is 0 Å². The second-order valence-electron chi connectivity index (χ2n) is 7.47. The van der Waals surface area contributed by atoms with Crippen molar-refractivity contribution in [2.24, 2.45) is 5.41 Å². The fourth-order valence-electron chi connectivity index (χ4n) is 3.65. The highest BCUT2D eigenvalue weighted by molar-refractivity contribution is 4.91. The maximum absolute atomic E-state index is 10.0. The minimum atomic E-state index is -0.149. The monoisotopic (exact) mass is 299 g/mol. The smallest absolute Gasteiger partial charge is 0.0682 e.